The predicted molar refractivity (Wildman–Crippen MR) is 146 cm³/mol. The summed E-state index contributed by atoms with van der Waals surface area (Å²) in [6.07, 6.45) is 7.07. The molecule has 2 unspecified atom stereocenters. The van der Waals surface area contributed by atoms with Crippen molar-refractivity contribution in [2.75, 3.05) is 0 Å². The largest absolute Gasteiger partial charge is 0.478 e. The minimum atomic E-state index is -0.863. The Morgan fingerprint density at radius 1 is 0.611 bits per heavy atom. The molecule has 0 saturated heterocycles. The van der Waals surface area contributed by atoms with Gasteiger partial charge in [0, 0.05) is 5.92 Å². The van der Waals surface area contributed by atoms with Crippen LogP contribution < -0.4 is 0 Å². The van der Waals surface area contributed by atoms with Crippen molar-refractivity contribution in [2.45, 2.75) is 98.2 Å². The van der Waals surface area contributed by atoms with E-state index in [2.05, 4.69) is 13.8 Å². The van der Waals surface area contributed by atoms with E-state index in [9.17, 15) is 19.8 Å². The van der Waals surface area contributed by atoms with Gasteiger partial charge in [-0.3, -0.25) is 0 Å². The molecule has 0 heterocycles. The number of hydrogen-bond donors (Lipinski definition) is 4. The van der Waals surface area contributed by atoms with Gasteiger partial charge in [-0.1, -0.05) is 84.6 Å². The van der Waals surface area contributed by atoms with Gasteiger partial charge in [0.05, 0.1) is 23.3 Å². The number of aliphatic hydroxyl groups excluding tert-OH is 2. The van der Waals surface area contributed by atoms with E-state index < -0.39 is 11.9 Å². The number of aryl methyl sites for hydroxylation is 2. The number of carbonyl (C=O) groups is 2. The second-order valence-electron chi connectivity index (χ2n) is 9.08. The van der Waals surface area contributed by atoms with Crippen molar-refractivity contribution in [1.82, 2.24) is 0 Å². The lowest BCUT2D eigenvalue weighted by atomic mass is 9.92. The molecule has 6 heteroatoms. The summed E-state index contributed by atoms with van der Waals surface area (Å²) in [7, 11) is 0. The van der Waals surface area contributed by atoms with Gasteiger partial charge in [-0.25, -0.2) is 9.59 Å². The zero-order valence-electron chi connectivity index (χ0n) is 22.6. The molecule has 0 fully saturated rings. The average Bonchev–Trinajstić information content (AvgIpc) is 2.86. The van der Waals surface area contributed by atoms with Gasteiger partial charge in [0.2, 0.25) is 0 Å². The van der Waals surface area contributed by atoms with Crippen LogP contribution in [-0.2, 0) is 12.8 Å². The van der Waals surface area contributed by atoms with Crippen LogP contribution in [0.5, 0.6) is 0 Å². The minimum Gasteiger partial charge on any atom is -0.478 e. The fourth-order valence-electron chi connectivity index (χ4n) is 3.58. The van der Waals surface area contributed by atoms with Crippen LogP contribution in [0.1, 0.15) is 105 Å². The summed E-state index contributed by atoms with van der Waals surface area (Å²) >= 11 is 0. The van der Waals surface area contributed by atoms with Crippen molar-refractivity contribution in [3.8, 4) is 0 Å². The van der Waals surface area contributed by atoms with Crippen molar-refractivity contribution >= 4 is 11.9 Å². The highest BCUT2D eigenvalue weighted by Crippen LogP contribution is 2.16. The Kier molecular flexibility index (Phi) is 18.0. The molecule has 0 aromatic heterocycles. The van der Waals surface area contributed by atoms with Crippen molar-refractivity contribution in [1.29, 1.82) is 0 Å². The molecule has 0 amide bonds. The Balaban J connectivity index is 0.000000510. The maximum absolute atomic E-state index is 10.5. The third-order valence-corrected chi connectivity index (χ3v) is 5.86. The lowest BCUT2D eigenvalue weighted by Crippen LogP contribution is -2.29. The molecule has 202 valence electrons. The van der Waals surface area contributed by atoms with Crippen LogP contribution in [0, 0.1) is 5.92 Å². The second kappa shape index (κ2) is 19.5. The molecule has 2 aromatic carbocycles. The summed E-state index contributed by atoms with van der Waals surface area (Å²) in [5, 5.41) is 36.3. The highest BCUT2D eigenvalue weighted by atomic mass is 16.4. The number of carboxylic acids is 2. The topological polar surface area (TPSA) is 115 Å². The molecule has 0 aliphatic heterocycles. The molecular formula is C30H46O6. The Morgan fingerprint density at radius 2 is 0.917 bits per heavy atom. The molecule has 0 bridgehead atoms. The van der Waals surface area contributed by atoms with E-state index in [1.807, 2.05) is 45.0 Å². The lowest BCUT2D eigenvalue weighted by Gasteiger charge is -2.23. The highest BCUT2D eigenvalue weighted by Gasteiger charge is 2.20. The van der Waals surface area contributed by atoms with E-state index in [0.717, 1.165) is 51.4 Å². The molecular weight excluding hydrogens is 456 g/mol. The van der Waals surface area contributed by atoms with Crippen LogP contribution >= 0.6 is 0 Å². The summed E-state index contributed by atoms with van der Waals surface area (Å²) < 4.78 is 0. The van der Waals surface area contributed by atoms with Crippen molar-refractivity contribution < 1.29 is 30.0 Å². The quantitative estimate of drug-likeness (QED) is 0.259. The van der Waals surface area contributed by atoms with Crippen LogP contribution in [0.3, 0.4) is 0 Å². The van der Waals surface area contributed by atoms with Crippen LogP contribution in [-0.4, -0.2) is 44.6 Å². The van der Waals surface area contributed by atoms with Gasteiger partial charge >= 0.3 is 11.9 Å². The molecule has 0 radical (unpaired) electrons. The van der Waals surface area contributed by atoms with E-state index >= 15 is 0 Å². The van der Waals surface area contributed by atoms with E-state index in [4.69, 9.17) is 10.2 Å². The maximum atomic E-state index is 10.5. The Labute approximate surface area is 217 Å². The fraction of sp³-hybridized carbons (Fsp3) is 0.533. The number of benzene rings is 2. The molecule has 6 nitrogen and oxygen atoms in total. The van der Waals surface area contributed by atoms with Crippen molar-refractivity contribution in [2.24, 2.45) is 5.92 Å². The summed E-state index contributed by atoms with van der Waals surface area (Å²) in [4.78, 5) is 20.9. The fourth-order valence-corrected chi connectivity index (χ4v) is 3.58. The maximum Gasteiger partial charge on any atom is 0.335 e. The summed E-state index contributed by atoms with van der Waals surface area (Å²) in [6.45, 7) is 10.2. The summed E-state index contributed by atoms with van der Waals surface area (Å²) in [5.74, 6) is -1.71. The first-order chi connectivity index (χ1) is 17.1. The smallest absolute Gasteiger partial charge is 0.335 e. The van der Waals surface area contributed by atoms with Gasteiger partial charge in [-0.15, -0.1) is 0 Å². The first kappa shape index (κ1) is 33.3. The number of hydrogen-bond acceptors (Lipinski definition) is 4. The minimum absolute atomic E-state index is 0.0184. The number of rotatable bonds is 12. The lowest BCUT2D eigenvalue weighted by molar-refractivity contribution is 0.0132. The standard InChI is InChI=1S/2C10H12O2.C10H22O2/c2*1-2-3-8-4-6-9(7-5-8)10(11)12;1-4-6-9(11)8(3)10(12)7-5-2/h2*4-7H,2-3H2,1H3,(H,11,12);8-12H,4-7H2,1-3H3. The monoisotopic (exact) mass is 502 g/mol. The van der Waals surface area contributed by atoms with Gasteiger partial charge < -0.3 is 20.4 Å². The SMILES string of the molecule is CCCC(O)C(C)C(O)CCC.CCCc1ccc(C(=O)O)cc1.CCCc1ccc(C(=O)O)cc1. The van der Waals surface area contributed by atoms with Crippen LogP contribution in [0.25, 0.3) is 0 Å². The van der Waals surface area contributed by atoms with Gasteiger partial charge in [0.25, 0.3) is 0 Å². The van der Waals surface area contributed by atoms with Crippen molar-refractivity contribution in [3.63, 3.8) is 0 Å². The normalized spacial score (nSPS) is 12.8. The van der Waals surface area contributed by atoms with Gasteiger partial charge in [-0.2, -0.15) is 0 Å². The molecule has 0 aliphatic rings. The zero-order chi connectivity index (χ0) is 27.5. The molecule has 0 spiro atoms. The molecule has 0 saturated carbocycles. The molecule has 2 rings (SSSR count). The summed E-state index contributed by atoms with van der Waals surface area (Å²) in [6, 6.07) is 14.1. The van der Waals surface area contributed by atoms with Crippen LogP contribution in [0.4, 0.5) is 0 Å². The number of aliphatic hydroxyl groups is 2. The van der Waals surface area contributed by atoms with E-state index in [0.29, 0.717) is 11.1 Å². The van der Waals surface area contributed by atoms with Crippen LogP contribution in [0.2, 0.25) is 0 Å². The van der Waals surface area contributed by atoms with E-state index in [1.54, 1.807) is 24.3 Å². The van der Waals surface area contributed by atoms with E-state index in [-0.39, 0.29) is 18.1 Å². The first-order valence-corrected chi connectivity index (χ1v) is 13.1. The first-order valence-electron chi connectivity index (χ1n) is 13.1. The molecule has 2 aromatic rings. The number of aromatic carboxylic acids is 2. The molecule has 36 heavy (non-hydrogen) atoms. The van der Waals surface area contributed by atoms with E-state index in [1.165, 1.54) is 11.1 Å². The zero-order valence-corrected chi connectivity index (χ0v) is 22.6. The number of carboxylic acid groups (broad SMARTS) is 2. The predicted octanol–water partition coefficient (Wildman–Crippen LogP) is 6.62. The Hall–Kier alpha value is -2.70. The van der Waals surface area contributed by atoms with Gasteiger partial charge in [0.15, 0.2) is 0 Å². The summed E-state index contributed by atoms with van der Waals surface area (Å²) in [5.41, 5.74) is 3.11. The Bertz CT molecular complexity index is 773. The van der Waals surface area contributed by atoms with Crippen LogP contribution in [0.15, 0.2) is 48.5 Å². The molecule has 0 aliphatic carbocycles. The highest BCUT2D eigenvalue weighted by molar-refractivity contribution is 5.87. The Morgan fingerprint density at radius 3 is 1.14 bits per heavy atom. The average molecular weight is 503 g/mol. The van der Waals surface area contributed by atoms with Crippen molar-refractivity contribution in [3.05, 3.63) is 70.8 Å². The second-order valence-corrected chi connectivity index (χ2v) is 9.08. The molecule has 4 N–H and O–H groups in total. The molecule has 2 atom stereocenters. The third-order valence-electron chi connectivity index (χ3n) is 5.86. The van der Waals surface area contributed by atoms with Gasteiger partial charge in [0.1, 0.15) is 0 Å². The van der Waals surface area contributed by atoms with Gasteiger partial charge in [-0.05, 0) is 61.1 Å². The third kappa shape index (κ3) is 14.0.